The Kier molecular flexibility index (Phi) is 7.09. The van der Waals surface area contributed by atoms with Crippen LogP contribution in [-0.4, -0.2) is 69.5 Å². The lowest BCUT2D eigenvalue weighted by atomic mass is 9.96. The van der Waals surface area contributed by atoms with Gasteiger partial charge in [-0.15, -0.1) is 0 Å². The number of fused-ring (bicyclic) bond motifs is 1. The minimum Gasteiger partial charge on any atom is -0.325 e. The van der Waals surface area contributed by atoms with Gasteiger partial charge in [-0.3, -0.25) is 15.6 Å². The number of nitrogens with zero attached hydrogens (tertiary/aromatic N) is 4. The highest BCUT2D eigenvalue weighted by Crippen LogP contribution is 2.25. The number of benzene rings is 1. The molecule has 1 saturated heterocycles. The van der Waals surface area contributed by atoms with E-state index in [0.29, 0.717) is 19.5 Å². The number of hydrogen-bond acceptors (Lipinski definition) is 5. The van der Waals surface area contributed by atoms with Crippen LogP contribution in [-0.2, 0) is 13.0 Å². The maximum absolute atomic E-state index is 14.8. The Morgan fingerprint density at radius 1 is 1.14 bits per heavy atom. The van der Waals surface area contributed by atoms with Crippen molar-refractivity contribution >= 4 is 29.9 Å². The first-order chi connectivity index (χ1) is 16.8. The summed E-state index contributed by atoms with van der Waals surface area (Å²) >= 11 is 0. The van der Waals surface area contributed by atoms with Crippen LogP contribution in [0, 0.1) is 16.6 Å². The average Bonchev–Trinajstić information content (AvgIpc) is 3.38. The Bertz CT molecular complexity index is 1160. The molecule has 3 N–H and O–H groups in total. The summed E-state index contributed by atoms with van der Waals surface area (Å²) < 4.78 is 14.8. The van der Waals surface area contributed by atoms with Crippen molar-refractivity contribution in [3.8, 4) is 0 Å². The lowest BCUT2D eigenvalue weighted by Crippen LogP contribution is -2.44. The number of rotatable bonds is 5. The van der Waals surface area contributed by atoms with Gasteiger partial charge in [0.25, 0.3) is 5.91 Å². The molecule has 2 aromatic rings. The highest BCUT2D eigenvalue weighted by molar-refractivity contribution is 6.05. The number of pyridine rings is 1. The third-order valence-electron chi connectivity index (χ3n) is 6.38. The predicted molar refractivity (Wildman–Crippen MR) is 131 cm³/mol. The summed E-state index contributed by atoms with van der Waals surface area (Å²) in [5.41, 5.74) is 1.72. The van der Waals surface area contributed by atoms with Gasteiger partial charge in [-0.25, -0.2) is 14.2 Å². The molecule has 0 bridgehead atoms. The standard InChI is InChI=1S/C25H30FN7O2/c1-16(2)33(15-27)23(28)21-6-5-7-22(29-21)30-24(34)19-12-18-14-32(11-8-17(18)13-20(19)26)25(35)31-9-3-4-10-31/h5-7,12-13,15-16,27-28H,3-4,8-11,14H2,1-2H3,(H,29,30,34). The molecule has 1 aromatic carbocycles. The smallest absolute Gasteiger partial charge is 0.320 e. The molecule has 0 atom stereocenters. The number of amidine groups is 1. The lowest BCUT2D eigenvalue weighted by molar-refractivity contribution is 0.102. The third kappa shape index (κ3) is 5.16. The van der Waals surface area contributed by atoms with E-state index in [0.717, 1.165) is 43.4 Å². The normalized spacial score (nSPS) is 15.1. The van der Waals surface area contributed by atoms with Crippen molar-refractivity contribution in [2.75, 3.05) is 25.0 Å². The van der Waals surface area contributed by atoms with Gasteiger partial charge < -0.3 is 20.0 Å². The number of urea groups is 1. The molecule has 2 aliphatic rings. The van der Waals surface area contributed by atoms with E-state index < -0.39 is 11.7 Å². The van der Waals surface area contributed by atoms with Crippen molar-refractivity contribution in [2.24, 2.45) is 0 Å². The second-order valence-electron chi connectivity index (χ2n) is 9.09. The number of carbonyl (C=O) groups is 2. The summed E-state index contributed by atoms with van der Waals surface area (Å²) in [5.74, 6) is -1.08. The van der Waals surface area contributed by atoms with Crippen LogP contribution >= 0.6 is 0 Å². The van der Waals surface area contributed by atoms with Crippen LogP contribution in [0.15, 0.2) is 30.3 Å². The van der Waals surface area contributed by atoms with Gasteiger partial charge in [-0.05, 0) is 68.5 Å². The number of aromatic nitrogens is 1. The first kappa shape index (κ1) is 24.3. The molecule has 3 heterocycles. The molecular formula is C25H30FN7O2. The Labute approximate surface area is 203 Å². The number of amides is 3. The summed E-state index contributed by atoms with van der Waals surface area (Å²) in [6.45, 7) is 6.09. The molecule has 10 heteroatoms. The van der Waals surface area contributed by atoms with Gasteiger partial charge >= 0.3 is 6.03 Å². The van der Waals surface area contributed by atoms with Crippen LogP contribution in [0.4, 0.5) is 15.0 Å². The van der Waals surface area contributed by atoms with Crippen LogP contribution in [0.3, 0.4) is 0 Å². The monoisotopic (exact) mass is 479 g/mol. The van der Waals surface area contributed by atoms with Crippen LogP contribution in [0.5, 0.6) is 0 Å². The number of halogens is 1. The topological polar surface area (TPSA) is 116 Å². The van der Waals surface area contributed by atoms with Gasteiger partial charge in [0.15, 0.2) is 5.84 Å². The van der Waals surface area contributed by atoms with E-state index >= 15 is 0 Å². The van der Waals surface area contributed by atoms with E-state index in [9.17, 15) is 14.0 Å². The Balaban J connectivity index is 1.51. The number of nitrogens with one attached hydrogen (secondary N) is 3. The van der Waals surface area contributed by atoms with E-state index in [4.69, 9.17) is 10.8 Å². The van der Waals surface area contributed by atoms with E-state index in [1.165, 1.54) is 17.0 Å². The molecule has 1 aromatic heterocycles. The first-order valence-electron chi connectivity index (χ1n) is 11.8. The summed E-state index contributed by atoms with van der Waals surface area (Å²) in [6, 6.07) is 7.60. The van der Waals surface area contributed by atoms with E-state index in [-0.39, 0.29) is 35.0 Å². The largest absolute Gasteiger partial charge is 0.325 e. The third-order valence-corrected chi connectivity index (χ3v) is 6.38. The highest BCUT2D eigenvalue weighted by Gasteiger charge is 2.28. The lowest BCUT2D eigenvalue weighted by Gasteiger charge is -2.32. The number of anilines is 1. The van der Waals surface area contributed by atoms with Crippen molar-refractivity contribution in [3.05, 3.63) is 58.5 Å². The van der Waals surface area contributed by atoms with Gasteiger partial charge in [0.1, 0.15) is 17.3 Å². The van der Waals surface area contributed by atoms with E-state index in [1.54, 1.807) is 23.1 Å². The van der Waals surface area contributed by atoms with Crippen LogP contribution in [0.25, 0.3) is 0 Å². The minimum atomic E-state index is -0.655. The van der Waals surface area contributed by atoms with Crippen molar-refractivity contribution in [1.29, 1.82) is 10.8 Å². The van der Waals surface area contributed by atoms with Gasteiger partial charge in [0, 0.05) is 32.2 Å². The van der Waals surface area contributed by atoms with Gasteiger partial charge in [-0.2, -0.15) is 0 Å². The molecule has 184 valence electrons. The fourth-order valence-electron chi connectivity index (χ4n) is 4.45. The molecular weight excluding hydrogens is 449 g/mol. The molecule has 0 unspecified atom stereocenters. The predicted octanol–water partition coefficient (Wildman–Crippen LogP) is 3.69. The van der Waals surface area contributed by atoms with Crippen LogP contribution in [0.1, 0.15) is 53.9 Å². The highest BCUT2D eigenvalue weighted by atomic mass is 19.1. The molecule has 3 amide bonds. The van der Waals surface area contributed by atoms with Gasteiger partial charge in [0.05, 0.1) is 11.9 Å². The van der Waals surface area contributed by atoms with Crippen LogP contribution < -0.4 is 5.32 Å². The Morgan fingerprint density at radius 2 is 1.89 bits per heavy atom. The minimum absolute atomic E-state index is 0.00712. The number of likely N-dealkylation sites (tertiary alicyclic amines) is 1. The Morgan fingerprint density at radius 3 is 2.57 bits per heavy atom. The first-order valence-corrected chi connectivity index (χ1v) is 11.8. The van der Waals surface area contributed by atoms with Crippen molar-refractivity contribution in [1.82, 2.24) is 19.7 Å². The zero-order valence-electron chi connectivity index (χ0n) is 20.0. The van der Waals surface area contributed by atoms with Crippen molar-refractivity contribution < 1.29 is 14.0 Å². The van der Waals surface area contributed by atoms with Crippen molar-refractivity contribution in [3.63, 3.8) is 0 Å². The summed E-state index contributed by atoms with van der Waals surface area (Å²) in [5, 5.41) is 18.5. The second-order valence-corrected chi connectivity index (χ2v) is 9.09. The molecule has 35 heavy (non-hydrogen) atoms. The van der Waals surface area contributed by atoms with Gasteiger partial charge in [-0.1, -0.05) is 6.07 Å². The number of hydrogen-bond donors (Lipinski definition) is 3. The summed E-state index contributed by atoms with van der Waals surface area (Å²) in [7, 11) is 0. The Hall–Kier alpha value is -3.82. The van der Waals surface area contributed by atoms with Crippen molar-refractivity contribution in [2.45, 2.75) is 45.7 Å². The second kappa shape index (κ2) is 10.2. The van der Waals surface area contributed by atoms with Crippen LogP contribution in [0.2, 0.25) is 0 Å². The quantitative estimate of drug-likeness (QED) is 0.448. The maximum Gasteiger partial charge on any atom is 0.320 e. The van der Waals surface area contributed by atoms with Gasteiger partial charge in [0.2, 0.25) is 0 Å². The molecule has 1 fully saturated rings. The zero-order valence-corrected chi connectivity index (χ0v) is 20.0. The fraction of sp³-hybridized carbons (Fsp3) is 0.400. The van der Waals surface area contributed by atoms with E-state index in [1.807, 2.05) is 18.7 Å². The molecule has 2 aliphatic heterocycles. The summed E-state index contributed by atoms with van der Waals surface area (Å²) in [4.78, 5) is 35.1. The maximum atomic E-state index is 14.8. The average molecular weight is 480 g/mol. The SMILES string of the molecule is CC(C)N(C=N)C(=N)c1cccc(NC(=O)c2cc3c(cc2F)CCN(C(=O)N2CCCC2)C3)n1. The molecule has 0 radical (unpaired) electrons. The molecule has 4 rings (SSSR count). The molecule has 0 saturated carbocycles. The molecule has 0 aliphatic carbocycles. The zero-order chi connectivity index (χ0) is 25.1. The van der Waals surface area contributed by atoms with E-state index in [2.05, 4.69) is 10.3 Å². The molecule has 9 nitrogen and oxygen atoms in total. The molecule has 0 spiro atoms. The number of carbonyl (C=O) groups excluding carboxylic acids is 2. The fourth-order valence-corrected chi connectivity index (χ4v) is 4.45. The summed E-state index contributed by atoms with van der Waals surface area (Å²) in [6.07, 6.45) is 3.62.